The van der Waals surface area contributed by atoms with Crippen molar-refractivity contribution in [2.75, 3.05) is 31.1 Å². The molecule has 2 saturated heterocycles. The van der Waals surface area contributed by atoms with Crippen molar-refractivity contribution in [3.63, 3.8) is 0 Å². The Morgan fingerprint density at radius 1 is 1.00 bits per heavy atom. The lowest BCUT2D eigenvalue weighted by Crippen LogP contribution is -2.34. The van der Waals surface area contributed by atoms with Crippen LogP contribution in [0.3, 0.4) is 0 Å². The molecule has 7 heteroatoms. The fraction of sp³-hybridized carbons (Fsp3) is 0.429. The molecule has 35 heavy (non-hydrogen) atoms. The van der Waals surface area contributed by atoms with Crippen LogP contribution in [0.5, 0.6) is 0 Å². The fourth-order valence-corrected chi connectivity index (χ4v) is 6.19. The first-order chi connectivity index (χ1) is 16.9. The van der Waals surface area contributed by atoms with Gasteiger partial charge in [-0.1, -0.05) is 25.1 Å². The minimum atomic E-state index is 0.104. The maximum Gasteiger partial charge on any atom is 0.258 e. The van der Waals surface area contributed by atoms with Crippen LogP contribution in [0.4, 0.5) is 5.95 Å². The van der Waals surface area contributed by atoms with E-state index < -0.39 is 0 Å². The minimum absolute atomic E-state index is 0.104. The third-order valence-electron chi connectivity index (χ3n) is 7.81. The number of anilines is 1. The van der Waals surface area contributed by atoms with Gasteiger partial charge in [0.15, 0.2) is 0 Å². The van der Waals surface area contributed by atoms with E-state index in [1.54, 1.807) is 0 Å². The quantitative estimate of drug-likeness (QED) is 0.573. The van der Waals surface area contributed by atoms with Gasteiger partial charge in [-0.25, -0.2) is 14.5 Å². The summed E-state index contributed by atoms with van der Waals surface area (Å²) >= 11 is 0. The predicted molar refractivity (Wildman–Crippen MR) is 137 cm³/mol. The molecule has 1 amide bonds. The Balaban J connectivity index is 1.29. The molecule has 6 rings (SSSR count). The van der Waals surface area contributed by atoms with Gasteiger partial charge in [0.2, 0.25) is 5.95 Å². The molecule has 2 aliphatic heterocycles. The van der Waals surface area contributed by atoms with Crippen LogP contribution in [0.25, 0.3) is 11.1 Å². The number of rotatable bonds is 3. The minimum Gasteiger partial charge on any atom is -0.340 e. The first kappa shape index (κ1) is 22.0. The number of hydrogen-bond donors (Lipinski definition) is 0. The van der Waals surface area contributed by atoms with Gasteiger partial charge < -0.3 is 9.80 Å². The van der Waals surface area contributed by atoms with Crippen molar-refractivity contribution in [2.45, 2.75) is 34.1 Å². The van der Waals surface area contributed by atoms with Crippen molar-refractivity contribution in [1.29, 1.82) is 0 Å². The van der Waals surface area contributed by atoms with Crippen molar-refractivity contribution in [3.05, 3.63) is 70.8 Å². The summed E-state index contributed by atoms with van der Waals surface area (Å²) in [5.41, 5.74) is 6.86. The van der Waals surface area contributed by atoms with E-state index in [1.807, 2.05) is 48.8 Å². The van der Waals surface area contributed by atoms with Crippen molar-refractivity contribution in [1.82, 2.24) is 24.5 Å². The van der Waals surface area contributed by atoms with Crippen LogP contribution in [0.1, 0.15) is 47.7 Å². The number of hydrogen-bond acceptors (Lipinski definition) is 5. The van der Waals surface area contributed by atoms with E-state index in [0.717, 1.165) is 66.7 Å². The van der Waals surface area contributed by atoms with Gasteiger partial charge in [0, 0.05) is 55.6 Å². The normalized spacial score (nSPS) is 24.1. The molecule has 1 aliphatic carbocycles. The molecule has 3 aliphatic rings. The Morgan fingerprint density at radius 2 is 1.71 bits per heavy atom. The van der Waals surface area contributed by atoms with Gasteiger partial charge in [-0.2, -0.15) is 5.10 Å². The summed E-state index contributed by atoms with van der Waals surface area (Å²) in [6.45, 7) is 11.7. The topological polar surface area (TPSA) is 66.6 Å². The molecular formula is C28H32N6O. The number of fused-ring (bicyclic) bond motifs is 2. The van der Waals surface area contributed by atoms with Crippen molar-refractivity contribution < 1.29 is 4.79 Å². The third-order valence-corrected chi connectivity index (χ3v) is 7.81. The first-order valence-corrected chi connectivity index (χ1v) is 12.6. The molecule has 0 bridgehead atoms. The molecule has 0 radical (unpaired) electrons. The number of aromatic nitrogens is 4. The number of aryl methyl sites for hydroxylation is 2. The zero-order chi connectivity index (χ0) is 24.3. The molecule has 7 nitrogen and oxygen atoms in total. The number of allylic oxidation sites excluding steroid dienone is 4. The fourth-order valence-electron chi connectivity index (χ4n) is 6.19. The van der Waals surface area contributed by atoms with Crippen molar-refractivity contribution in [3.8, 4) is 0 Å². The Bertz CT molecular complexity index is 1350. The van der Waals surface area contributed by atoms with Crippen LogP contribution in [-0.2, 0) is 0 Å². The molecule has 0 spiro atoms. The largest absolute Gasteiger partial charge is 0.340 e. The first-order valence-electron chi connectivity index (χ1n) is 12.6. The predicted octanol–water partition coefficient (Wildman–Crippen LogP) is 4.32. The summed E-state index contributed by atoms with van der Waals surface area (Å²) in [4.78, 5) is 27.7. The molecule has 3 unspecified atom stereocenters. The number of amides is 1. The summed E-state index contributed by atoms with van der Waals surface area (Å²) in [5.74, 6) is 2.13. The van der Waals surface area contributed by atoms with Crippen LogP contribution in [0, 0.1) is 31.6 Å². The Labute approximate surface area is 206 Å². The Morgan fingerprint density at radius 3 is 2.40 bits per heavy atom. The van der Waals surface area contributed by atoms with Crippen molar-refractivity contribution >= 4 is 22.9 Å². The highest BCUT2D eigenvalue weighted by molar-refractivity contribution is 6.05. The molecule has 2 fully saturated rings. The van der Waals surface area contributed by atoms with Crippen LogP contribution < -0.4 is 4.90 Å². The average molecular weight is 469 g/mol. The zero-order valence-electron chi connectivity index (χ0n) is 20.9. The Hall–Kier alpha value is -3.48. The Kier molecular flexibility index (Phi) is 5.24. The monoisotopic (exact) mass is 468 g/mol. The number of carbonyl (C=O) groups excluding carboxylic acids is 1. The summed E-state index contributed by atoms with van der Waals surface area (Å²) in [6, 6.07) is 7.98. The zero-order valence-corrected chi connectivity index (χ0v) is 20.9. The number of likely N-dealkylation sites (tertiary alicyclic amines) is 1. The lowest BCUT2D eigenvalue weighted by molar-refractivity contribution is 0.0784. The van der Waals surface area contributed by atoms with E-state index in [9.17, 15) is 4.79 Å². The molecule has 3 aromatic heterocycles. The highest BCUT2D eigenvalue weighted by Gasteiger charge is 2.43. The van der Waals surface area contributed by atoms with Gasteiger partial charge >= 0.3 is 0 Å². The molecule has 0 saturated carbocycles. The van der Waals surface area contributed by atoms with E-state index >= 15 is 0 Å². The second-order valence-corrected chi connectivity index (χ2v) is 10.5. The van der Waals surface area contributed by atoms with Gasteiger partial charge in [-0.15, -0.1) is 0 Å². The molecule has 180 valence electrons. The van der Waals surface area contributed by atoms with Crippen LogP contribution in [-0.4, -0.2) is 56.6 Å². The summed E-state index contributed by atoms with van der Waals surface area (Å²) < 4.78 is 1.87. The second-order valence-electron chi connectivity index (χ2n) is 10.5. The second kappa shape index (κ2) is 8.33. The molecule has 0 aromatic carbocycles. The molecule has 3 atom stereocenters. The van der Waals surface area contributed by atoms with Gasteiger partial charge in [-0.05, 0) is 62.5 Å². The molecular weight excluding hydrogens is 436 g/mol. The van der Waals surface area contributed by atoms with Crippen molar-refractivity contribution in [2.24, 2.45) is 17.8 Å². The van der Waals surface area contributed by atoms with Crippen LogP contribution in [0.2, 0.25) is 0 Å². The molecule has 0 N–H and O–H groups in total. The van der Waals surface area contributed by atoms with E-state index in [1.165, 1.54) is 11.1 Å². The van der Waals surface area contributed by atoms with Gasteiger partial charge in [-0.3, -0.25) is 4.79 Å². The summed E-state index contributed by atoms with van der Waals surface area (Å²) in [7, 11) is 0. The molecule has 3 aromatic rings. The highest BCUT2D eigenvalue weighted by Crippen LogP contribution is 2.38. The van der Waals surface area contributed by atoms with E-state index in [4.69, 9.17) is 5.10 Å². The standard InChI is InChI=1S/C28H32N6O/c1-17-8-7-9-18(2)24(17)26-25(23-10-5-6-11-34(23)31-26)27(35)32-13-21-15-33(16-22(21)14-32)28-29-19(3)12-20(4)30-28/h5-8,10-12,18,21-22H,9,13-16H2,1-4H3. The maximum absolute atomic E-state index is 14.1. The van der Waals surface area contributed by atoms with E-state index in [2.05, 4.69) is 45.8 Å². The van der Waals surface area contributed by atoms with Gasteiger partial charge in [0.1, 0.15) is 5.69 Å². The van der Waals surface area contributed by atoms with Gasteiger partial charge in [0.05, 0.1) is 11.1 Å². The number of nitrogens with zero attached hydrogens (tertiary/aromatic N) is 6. The smallest absolute Gasteiger partial charge is 0.258 e. The SMILES string of the molecule is CC1=C(c2nn3ccccc3c2C(=O)N2CC3CN(c4nc(C)cc(C)n4)CC3C2)C(C)CC=C1. The number of carbonyl (C=O) groups is 1. The van der Waals surface area contributed by atoms with E-state index in [-0.39, 0.29) is 5.91 Å². The highest BCUT2D eigenvalue weighted by atomic mass is 16.2. The maximum atomic E-state index is 14.1. The van der Waals surface area contributed by atoms with E-state index in [0.29, 0.717) is 17.8 Å². The lowest BCUT2D eigenvalue weighted by Gasteiger charge is -2.24. The van der Waals surface area contributed by atoms with Crippen LogP contribution in [0.15, 0.2) is 48.2 Å². The van der Waals surface area contributed by atoms with Gasteiger partial charge in [0.25, 0.3) is 5.91 Å². The summed E-state index contributed by atoms with van der Waals surface area (Å²) in [5, 5.41) is 4.92. The third kappa shape index (κ3) is 3.74. The van der Waals surface area contributed by atoms with Crippen LogP contribution >= 0.6 is 0 Å². The average Bonchev–Trinajstić information content (AvgIpc) is 3.49. The lowest BCUT2D eigenvalue weighted by atomic mass is 9.85. The number of pyridine rings is 1. The summed E-state index contributed by atoms with van der Waals surface area (Å²) in [6.07, 6.45) is 7.29. The molecule has 5 heterocycles.